The van der Waals surface area contributed by atoms with Crippen LogP contribution in [0.3, 0.4) is 0 Å². The van der Waals surface area contributed by atoms with Crippen LogP contribution >= 0.6 is 0 Å². The normalized spacial score (nSPS) is 24.8. The van der Waals surface area contributed by atoms with Gasteiger partial charge in [-0.25, -0.2) is 21.6 Å². The quantitative estimate of drug-likeness (QED) is 0.827. The standard InChI is InChI=1S/C11H10F3NO2S/c12-8-3-1-2-4-9(8)18(16,17)15-6-10(7-15)5-11(10,13)14/h1-4H,5-7H2. The van der Waals surface area contributed by atoms with E-state index in [4.69, 9.17) is 0 Å². The average molecular weight is 277 g/mol. The molecule has 1 heterocycles. The number of sulfonamides is 1. The highest BCUT2D eigenvalue weighted by molar-refractivity contribution is 7.89. The molecule has 18 heavy (non-hydrogen) atoms. The lowest BCUT2D eigenvalue weighted by molar-refractivity contribution is 0.0108. The summed E-state index contributed by atoms with van der Waals surface area (Å²) in [6, 6.07) is 4.95. The zero-order chi connectivity index (χ0) is 13.2. The van der Waals surface area contributed by atoms with Crippen LogP contribution in [0.2, 0.25) is 0 Å². The lowest BCUT2D eigenvalue weighted by atomic mass is 10.00. The maximum Gasteiger partial charge on any atom is 0.257 e. The van der Waals surface area contributed by atoms with Gasteiger partial charge in [-0.05, 0) is 12.1 Å². The predicted molar refractivity (Wildman–Crippen MR) is 57.2 cm³/mol. The van der Waals surface area contributed by atoms with Gasteiger partial charge in [-0.15, -0.1) is 0 Å². The van der Waals surface area contributed by atoms with Gasteiger partial charge in [0.2, 0.25) is 10.0 Å². The highest BCUT2D eigenvalue weighted by Crippen LogP contribution is 2.65. The molecule has 98 valence electrons. The highest BCUT2D eigenvalue weighted by atomic mass is 32.2. The van der Waals surface area contributed by atoms with Crippen molar-refractivity contribution in [1.29, 1.82) is 0 Å². The summed E-state index contributed by atoms with van der Waals surface area (Å²) in [7, 11) is -3.99. The summed E-state index contributed by atoms with van der Waals surface area (Å²) in [6.45, 7) is -0.451. The first-order chi connectivity index (χ1) is 8.29. The SMILES string of the molecule is O=S(=O)(c1ccccc1F)N1CC2(C1)CC2(F)F. The van der Waals surface area contributed by atoms with Crippen LogP contribution in [-0.2, 0) is 10.0 Å². The monoisotopic (exact) mass is 277 g/mol. The molecule has 1 aromatic rings. The fraction of sp³-hybridized carbons (Fsp3) is 0.455. The van der Waals surface area contributed by atoms with Gasteiger partial charge in [-0.1, -0.05) is 12.1 Å². The molecule has 0 N–H and O–H groups in total. The van der Waals surface area contributed by atoms with Crippen molar-refractivity contribution >= 4 is 10.0 Å². The van der Waals surface area contributed by atoms with Crippen LogP contribution in [0.15, 0.2) is 29.2 Å². The molecule has 0 aromatic heterocycles. The van der Waals surface area contributed by atoms with Gasteiger partial charge in [0, 0.05) is 19.5 Å². The summed E-state index contributed by atoms with van der Waals surface area (Å²) >= 11 is 0. The Kier molecular flexibility index (Phi) is 2.18. The molecule has 1 spiro atoms. The molecule has 1 saturated heterocycles. The second-order valence-electron chi connectivity index (χ2n) is 4.87. The smallest absolute Gasteiger partial charge is 0.207 e. The van der Waals surface area contributed by atoms with Gasteiger partial charge < -0.3 is 0 Å². The third-order valence-corrected chi connectivity index (χ3v) is 5.45. The number of benzene rings is 1. The summed E-state index contributed by atoms with van der Waals surface area (Å²) in [5.41, 5.74) is -1.19. The topological polar surface area (TPSA) is 37.4 Å². The zero-order valence-corrected chi connectivity index (χ0v) is 10.1. The minimum atomic E-state index is -3.99. The van der Waals surface area contributed by atoms with Crippen molar-refractivity contribution in [2.24, 2.45) is 5.41 Å². The van der Waals surface area contributed by atoms with E-state index in [1.807, 2.05) is 0 Å². The second-order valence-corrected chi connectivity index (χ2v) is 6.77. The number of rotatable bonds is 2. The van der Waals surface area contributed by atoms with Crippen molar-refractivity contribution in [2.75, 3.05) is 13.1 Å². The van der Waals surface area contributed by atoms with E-state index in [1.54, 1.807) is 0 Å². The van der Waals surface area contributed by atoms with E-state index in [-0.39, 0.29) is 19.5 Å². The molecule has 0 atom stereocenters. The van der Waals surface area contributed by atoms with Gasteiger partial charge >= 0.3 is 0 Å². The van der Waals surface area contributed by atoms with E-state index in [0.717, 1.165) is 16.4 Å². The number of hydrogen-bond donors (Lipinski definition) is 0. The molecule has 0 amide bonds. The second kappa shape index (κ2) is 3.27. The molecule has 3 nitrogen and oxygen atoms in total. The maximum atomic E-state index is 13.4. The van der Waals surface area contributed by atoms with Crippen LogP contribution in [0.1, 0.15) is 6.42 Å². The molecular formula is C11H10F3NO2S. The summed E-state index contributed by atoms with van der Waals surface area (Å²) < 4.78 is 64.3. The van der Waals surface area contributed by atoms with Crippen LogP contribution < -0.4 is 0 Å². The molecular weight excluding hydrogens is 267 g/mol. The van der Waals surface area contributed by atoms with Gasteiger partial charge in [0.1, 0.15) is 10.7 Å². The van der Waals surface area contributed by atoms with E-state index in [0.29, 0.717) is 0 Å². The Labute approximate surface area is 102 Å². The molecule has 2 aliphatic rings. The third kappa shape index (κ3) is 1.43. The third-order valence-electron chi connectivity index (χ3n) is 3.62. The minimum Gasteiger partial charge on any atom is -0.207 e. The fourth-order valence-electron chi connectivity index (χ4n) is 2.32. The van der Waals surface area contributed by atoms with Crippen LogP contribution in [0.5, 0.6) is 0 Å². The van der Waals surface area contributed by atoms with Crippen LogP contribution in [-0.4, -0.2) is 31.7 Å². The Morgan fingerprint density at radius 3 is 2.22 bits per heavy atom. The molecule has 0 radical (unpaired) electrons. The van der Waals surface area contributed by atoms with Gasteiger partial charge in [-0.3, -0.25) is 0 Å². The molecule has 1 aliphatic carbocycles. The highest BCUT2D eigenvalue weighted by Gasteiger charge is 2.77. The molecule has 1 saturated carbocycles. The Morgan fingerprint density at radius 1 is 1.17 bits per heavy atom. The Morgan fingerprint density at radius 2 is 1.72 bits per heavy atom. The molecule has 7 heteroatoms. The van der Waals surface area contributed by atoms with Gasteiger partial charge in [0.15, 0.2) is 0 Å². The first kappa shape index (κ1) is 12.0. The lowest BCUT2D eigenvalue weighted by Gasteiger charge is -2.38. The van der Waals surface area contributed by atoms with Crippen molar-refractivity contribution in [3.05, 3.63) is 30.1 Å². The number of hydrogen-bond acceptors (Lipinski definition) is 2. The van der Waals surface area contributed by atoms with E-state index in [1.165, 1.54) is 12.1 Å². The van der Waals surface area contributed by atoms with Crippen LogP contribution in [0.4, 0.5) is 13.2 Å². The molecule has 2 fully saturated rings. The number of halogens is 3. The summed E-state index contributed by atoms with van der Waals surface area (Å²) in [5, 5.41) is 0. The van der Waals surface area contributed by atoms with Gasteiger partial charge in [-0.2, -0.15) is 4.31 Å². The van der Waals surface area contributed by atoms with Crippen LogP contribution in [0, 0.1) is 11.2 Å². The van der Waals surface area contributed by atoms with E-state index < -0.39 is 32.1 Å². The van der Waals surface area contributed by atoms with E-state index >= 15 is 0 Å². The molecule has 3 rings (SSSR count). The first-order valence-electron chi connectivity index (χ1n) is 5.41. The van der Waals surface area contributed by atoms with Crippen LogP contribution in [0.25, 0.3) is 0 Å². The zero-order valence-electron chi connectivity index (χ0n) is 9.24. The molecule has 1 aliphatic heterocycles. The maximum absolute atomic E-state index is 13.4. The molecule has 1 aromatic carbocycles. The Balaban J connectivity index is 1.85. The number of nitrogens with zero attached hydrogens (tertiary/aromatic N) is 1. The van der Waals surface area contributed by atoms with E-state index in [2.05, 4.69) is 0 Å². The predicted octanol–water partition coefficient (Wildman–Crippen LogP) is 1.86. The van der Waals surface area contributed by atoms with Crippen molar-refractivity contribution < 1.29 is 21.6 Å². The van der Waals surface area contributed by atoms with Gasteiger partial charge in [0.25, 0.3) is 5.92 Å². The Bertz CT molecular complexity index is 608. The summed E-state index contributed by atoms with van der Waals surface area (Å²) in [6.07, 6.45) is -0.275. The fourth-order valence-corrected chi connectivity index (χ4v) is 3.99. The Hall–Kier alpha value is -1.08. The van der Waals surface area contributed by atoms with E-state index in [9.17, 15) is 21.6 Å². The summed E-state index contributed by atoms with van der Waals surface area (Å²) in [5.74, 6) is -3.63. The first-order valence-corrected chi connectivity index (χ1v) is 6.85. The van der Waals surface area contributed by atoms with Crippen molar-refractivity contribution in [1.82, 2.24) is 4.31 Å². The summed E-state index contributed by atoms with van der Waals surface area (Å²) in [4.78, 5) is -0.455. The average Bonchev–Trinajstić information content (AvgIpc) is 2.80. The van der Waals surface area contributed by atoms with Crippen molar-refractivity contribution in [2.45, 2.75) is 17.2 Å². The lowest BCUT2D eigenvalue weighted by Crippen LogP contribution is -2.53. The minimum absolute atomic E-state index is 0.226. The number of alkyl halides is 2. The molecule has 0 bridgehead atoms. The van der Waals surface area contributed by atoms with Crippen molar-refractivity contribution in [3.63, 3.8) is 0 Å². The van der Waals surface area contributed by atoms with Gasteiger partial charge in [0.05, 0.1) is 5.41 Å². The largest absolute Gasteiger partial charge is 0.257 e. The molecule has 0 unspecified atom stereocenters. The van der Waals surface area contributed by atoms with Crippen molar-refractivity contribution in [3.8, 4) is 0 Å².